The van der Waals surface area contributed by atoms with E-state index >= 15 is 0 Å². The molecule has 31 heavy (non-hydrogen) atoms. The lowest BCUT2D eigenvalue weighted by atomic mass is 10.2. The summed E-state index contributed by atoms with van der Waals surface area (Å²) in [5.41, 5.74) is 0.424. The van der Waals surface area contributed by atoms with Crippen molar-refractivity contribution >= 4 is 62.1 Å². The summed E-state index contributed by atoms with van der Waals surface area (Å²) in [5, 5.41) is 2.99. The van der Waals surface area contributed by atoms with Crippen LogP contribution in [0.3, 0.4) is 0 Å². The van der Waals surface area contributed by atoms with Crippen LogP contribution in [0.15, 0.2) is 66.7 Å². The van der Waals surface area contributed by atoms with Gasteiger partial charge in [-0.1, -0.05) is 65.1 Å². The average Bonchev–Trinajstić information content (AvgIpc) is 2.71. The molecule has 0 aliphatic heterocycles. The van der Waals surface area contributed by atoms with E-state index in [1.165, 1.54) is 12.1 Å². The van der Waals surface area contributed by atoms with E-state index in [-0.39, 0.29) is 20.8 Å². The summed E-state index contributed by atoms with van der Waals surface area (Å²) in [6.07, 6.45) is 0.964. The molecule has 0 atom stereocenters. The van der Waals surface area contributed by atoms with E-state index in [0.29, 0.717) is 17.2 Å². The molecule has 0 fully saturated rings. The number of nitrogens with one attached hydrogen (secondary N) is 1. The average molecular weight is 500 g/mol. The number of para-hydroxylation sites is 3. The molecule has 1 amide bonds. The Kier molecular flexibility index (Phi) is 7.33. The van der Waals surface area contributed by atoms with E-state index in [4.69, 9.17) is 39.5 Å². The van der Waals surface area contributed by atoms with Gasteiger partial charge in [-0.3, -0.25) is 9.10 Å². The molecule has 0 aliphatic rings. The number of halogens is 3. The Labute approximate surface area is 195 Å². The zero-order chi connectivity index (χ0) is 22.6. The maximum Gasteiger partial charge on any atom is 0.245 e. The van der Waals surface area contributed by atoms with Crippen LogP contribution in [-0.4, -0.2) is 27.1 Å². The van der Waals surface area contributed by atoms with Crippen LogP contribution in [0.4, 0.5) is 11.4 Å². The number of rotatable bonds is 7. The first-order valence-corrected chi connectivity index (χ1v) is 11.9. The van der Waals surface area contributed by atoms with E-state index in [9.17, 15) is 13.2 Å². The lowest BCUT2D eigenvalue weighted by Crippen LogP contribution is -2.37. The predicted octanol–water partition coefficient (Wildman–Crippen LogP) is 5.84. The maximum atomic E-state index is 12.7. The number of ether oxygens (including phenoxy) is 1. The Bertz CT molecular complexity index is 1200. The van der Waals surface area contributed by atoms with Gasteiger partial charge in [-0.05, 0) is 36.4 Å². The zero-order valence-corrected chi connectivity index (χ0v) is 19.3. The summed E-state index contributed by atoms with van der Waals surface area (Å²) in [7, 11) is -3.86. The molecule has 0 unspecified atom stereocenters. The number of carbonyl (C=O) groups excluding carboxylic acids is 1. The van der Waals surface area contributed by atoms with E-state index in [0.717, 1.165) is 10.6 Å². The van der Waals surface area contributed by atoms with Gasteiger partial charge >= 0.3 is 0 Å². The molecule has 0 aliphatic carbocycles. The molecule has 3 aromatic carbocycles. The number of amides is 1. The van der Waals surface area contributed by atoms with Gasteiger partial charge in [0, 0.05) is 0 Å². The SMILES string of the molecule is CS(=O)(=O)N(CC(=O)Nc1ccccc1Oc1ccccc1)c1cc(Cl)c(Cl)cc1Cl. The molecular formula is C21H17Cl3N2O4S. The van der Waals surface area contributed by atoms with Crippen molar-refractivity contribution in [2.45, 2.75) is 0 Å². The van der Waals surface area contributed by atoms with Crippen LogP contribution in [0.5, 0.6) is 11.5 Å². The molecular weight excluding hydrogens is 483 g/mol. The largest absolute Gasteiger partial charge is 0.455 e. The lowest BCUT2D eigenvalue weighted by Gasteiger charge is -2.23. The summed E-state index contributed by atoms with van der Waals surface area (Å²) in [6, 6.07) is 18.5. The summed E-state index contributed by atoms with van der Waals surface area (Å²) >= 11 is 18.1. The number of sulfonamides is 1. The van der Waals surface area contributed by atoms with E-state index in [2.05, 4.69) is 5.32 Å². The third kappa shape index (κ3) is 6.04. The third-order valence-corrected chi connectivity index (χ3v) is 6.23. The summed E-state index contributed by atoms with van der Waals surface area (Å²) in [5.74, 6) is 0.391. The normalized spacial score (nSPS) is 11.1. The van der Waals surface area contributed by atoms with Gasteiger partial charge in [0.1, 0.15) is 12.3 Å². The van der Waals surface area contributed by atoms with Crippen LogP contribution >= 0.6 is 34.8 Å². The van der Waals surface area contributed by atoms with Crippen LogP contribution in [0.2, 0.25) is 15.1 Å². The van der Waals surface area contributed by atoms with E-state index in [1.54, 1.807) is 36.4 Å². The van der Waals surface area contributed by atoms with Crippen LogP contribution in [0.1, 0.15) is 0 Å². The highest BCUT2D eigenvalue weighted by Crippen LogP contribution is 2.36. The first-order valence-electron chi connectivity index (χ1n) is 8.89. The molecule has 0 bridgehead atoms. The number of anilines is 2. The van der Waals surface area contributed by atoms with Crippen molar-refractivity contribution < 1.29 is 17.9 Å². The predicted molar refractivity (Wildman–Crippen MR) is 125 cm³/mol. The van der Waals surface area contributed by atoms with Crippen LogP contribution in [0.25, 0.3) is 0 Å². The van der Waals surface area contributed by atoms with E-state index < -0.39 is 22.5 Å². The summed E-state index contributed by atoms with van der Waals surface area (Å²) < 4.78 is 31.4. The monoisotopic (exact) mass is 498 g/mol. The molecule has 0 saturated carbocycles. The number of hydrogen-bond acceptors (Lipinski definition) is 4. The Morgan fingerprint density at radius 2 is 1.55 bits per heavy atom. The minimum absolute atomic E-state index is 0.0421. The van der Waals surface area contributed by atoms with E-state index in [1.807, 2.05) is 18.2 Å². The minimum atomic E-state index is -3.86. The molecule has 6 nitrogen and oxygen atoms in total. The van der Waals surface area contributed by atoms with Crippen molar-refractivity contribution in [3.63, 3.8) is 0 Å². The maximum absolute atomic E-state index is 12.7. The molecule has 3 aromatic rings. The fourth-order valence-corrected chi connectivity index (χ4v) is 4.23. The van der Waals surface area contributed by atoms with Crippen molar-refractivity contribution in [1.29, 1.82) is 0 Å². The van der Waals surface area contributed by atoms with Crippen molar-refractivity contribution in [3.8, 4) is 11.5 Å². The first kappa shape index (κ1) is 23.2. The molecule has 0 aromatic heterocycles. The molecule has 0 spiro atoms. The van der Waals surface area contributed by atoms with Crippen molar-refractivity contribution in [2.75, 3.05) is 22.4 Å². The number of hydrogen-bond donors (Lipinski definition) is 1. The quantitative estimate of drug-likeness (QED) is 0.414. The zero-order valence-electron chi connectivity index (χ0n) is 16.2. The van der Waals surface area contributed by atoms with Crippen molar-refractivity contribution in [2.24, 2.45) is 0 Å². The summed E-state index contributed by atoms with van der Waals surface area (Å²) in [6.45, 7) is -0.532. The Balaban J connectivity index is 1.84. The highest BCUT2D eigenvalue weighted by atomic mass is 35.5. The number of carbonyl (C=O) groups is 1. The Morgan fingerprint density at radius 1 is 0.935 bits per heavy atom. The topological polar surface area (TPSA) is 75.7 Å². The smallest absolute Gasteiger partial charge is 0.245 e. The van der Waals surface area contributed by atoms with Crippen LogP contribution in [-0.2, 0) is 14.8 Å². The molecule has 162 valence electrons. The highest BCUT2D eigenvalue weighted by molar-refractivity contribution is 7.92. The molecule has 0 radical (unpaired) electrons. The van der Waals surface area contributed by atoms with Gasteiger partial charge in [0.2, 0.25) is 15.9 Å². The first-order chi connectivity index (χ1) is 14.6. The fraction of sp³-hybridized carbons (Fsp3) is 0.0952. The van der Waals surface area contributed by atoms with Crippen molar-refractivity contribution in [1.82, 2.24) is 0 Å². The van der Waals surface area contributed by atoms with Crippen LogP contribution in [0, 0.1) is 0 Å². The number of nitrogens with zero attached hydrogens (tertiary/aromatic N) is 1. The van der Waals surface area contributed by atoms with Gasteiger partial charge in [0.25, 0.3) is 0 Å². The molecule has 0 saturated heterocycles. The van der Waals surface area contributed by atoms with Gasteiger partial charge in [-0.15, -0.1) is 0 Å². The van der Waals surface area contributed by atoms with Gasteiger partial charge in [-0.25, -0.2) is 8.42 Å². The van der Waals surface area contributed by atoms with Gasteiger partial charge < -0.3 is 10.1 Å². The summed E-state index contributed by atoms with van der Waals surface area (Å²) in [4.78, 5) is 12.7. The molecule has 10 heteroatoms. The molecule has 1 N–H and O–H groups in total. The van der Waals surface area contributed by atoms with Gasteiger partial charge in [-0.2, -0.15) is 0 Å². The van der Waals surface area contributed by atoms with Crippen molar-refractivity contribution in [3.05, 3.63) is 81.8 Å². The molecule has 0 heterocycles. The second-order valence-corrected chi connectivity index (χ2v) is 9.58. The Hall–Kier alpha value is -2.45. The minimum Gasteiger partial charge on any atom is -0.455 e. The number of benzene rings is 3. The van der Waals surface area contributed by atoms with Gasteiger partial charge in [0.05, 0.1) is 32.7 Å². The second-order valence-electron chi connectivity index (χ2n) is 6.45. The Morgan fingerprint density at radius 3 is 2.23 bits per heavy atom. The second kappa shape index (κ2) is 9.78. The standard InChI is InChI=1S/C21H17Cl3N2O4S/c1-31(28,29)26(19-12-16(23)15(22)11-17(19)24)13-21(27)25-18-9-5-6-10-20(18)30-14-7-3-2-4-8-14/h2-12H,13H2,1H3,(H,25,27). The fourth-order valence-electron chi connectivity index (χ4n) is 2.68. The third-order valence-electron chi connectivity index (χ3n) is 4.08. The van der Waals surface area contributed by atoms with Gasteiger partial charge in [0.15, 0.2) is 5.75 Å². The molecule has 3 rings (SSSR count). The lowest BCUT2D eigenvalue weighted by molar-refractivity contribution is -0.114. The van der Waals surface area contributed by atoms with Crippen LogP contribution < -0.4 is 14.4 Å². The highest BCUT2D eigenvalue weighted by Gasteiger charge is 2.24.